The van der Waals surface area contributed by atoms with E-state index in [1.54, 1.807) is 25.3 Å². The molecule has 1 amide bonds. The minimum atomic E-state index is -3.48. The predicted octanol–water partition coefficient (Wildman–Crippen LogP) is 4.28. The first-order valence-electron chi connectivity index (χ1n) is 10.1. The van der Waals surface area contributed by atoms with E-state index in [1.807, 2.05) is 0 Å². The Hall–Kier alpha value is -2.39. The number of hydrogen-bond acceptors (Lipinski definition) is 7. The molecule has 1 saturated carbocycles. The molecule has 0 saturated heterocycles. The van der Waals surface area contributed by atoms with Crippen LogP contribution in [0.1, 0.15) is 49.3 Å². The normalized spacial score (nSPS) is 20.1. The van der Waals surface area contributed by atoms with Gasteiger partial charge >= 0.3 is 0 Å². The SMILES string of the molecule is Cc1cnc(NC(=O)[C@H](CC2CCC(N=O)CC2)c2ccc(S(C)(=O)=O)c(Cl)c2)cn1. The van der Waals surface area contributed by atoms with E-state index in [0.717, 1.165) is 24.8 Å². The van der Waals surface area contributed by atoms with Gasteiger partial charge in [-0.15, -0.1) is 0 Å². The summed E-state index contributed by atoms with van der Waals surface area (Å²) in [5.74, 6) is -0.239. The van der Waals surface area contributed by atoms with Crippen LogP contribution in [0.4, 0.5) is 5.82 Å². The van der Waals surface area contributed by atoms with Crippen LogP contribution in [0.2, 0.25) is 5.02 Å². The van der Waals surface area contributed by atoms with E-state index in [0.29, 0.717) is 30.6 Å². The number of aromatic nitrogens is 2. The van der Waals surface area contributed by atoms with Crippen molar-refractivity contribution < 1.29 is 13.2 Å². The van der Waals surface area contributed by atoms with Gasteiger partial charge < -0.3 is 5.32 Å². The predicted molar refractivity (Wildman–Crippen MR) is 119 cm³/mol. The van der Waals surface area contributed by atoms with Gasteiger partial charge in [-0.25, -0.2) is 13.4 Å². The third-order valence-corrected chi connectivity index (χ3v) is 7.22. The van der Waals surface area contributed by atoms with Crippen molar-refractivity contribution in [2.24, 2.45) is 11.1 Å². The standard InChI is InChI=1S/C21H25ClN4O4S/c1-13-11-24-20(12-23-13)25-21(27)17(9-14-3-6-16(26-28)7-4-14)15-5-8-19(18(22)10-15)31(2,29)30/h5,8,10-12,14,16-17H,3-4,6-7,9H2,1-2H3,(H,24,25,27)/t14?,16?,17-/m1/s1. The topological polar surface area (TPSA) is 118 Å². The maximum absolute atomic E-state index is 13.2. The van der Waals surface area contributed by atoms with Crippen LogP contribution in [-0.4, -0.2) is 36.6 Å². The number of anilines is 1. The van der Waals surface area contributed by atoms with Crippen molar-refractivity contribution >= 4 is 33.2 Å². The molecule has 0 unspecified atom stereocenters. The van der Waals surface area contributed by atoms with Crippen LogP contribution in [0, 0.1) is 17.7 Å². The summed E-state index contributed by atoms with van der Waals surface area (Å²) in [5, 5.41) is 6.03. The molecule has 166 valence electrons. The number of nitrogens with zero attached hydrogens (tertiary/aromatic N) is 3. The van der Waals surface area contributed by atoms with E-state index in [4.69, 9.17) is 11.6 Å². The first kappa shape index (κ1) is 23.3. The Kier molecular flexibility index (Phi) is 7.38. The first-order valence-corrected chi connectivity index (χ1v) is 12.4. The van der Waals surface area contributed by atoms with Crippen molar-refractivity contribution in [3.05, 3.63) is 51.8 Å². The minimum Gasteiger partial charge on any atom is -0.309 e. The zero-order valence-electron chi connectivity index (χ0n) is 17.4. The Morgan fingerprint density at radius 1 is 1.23 bits per heavy atom. The van der Waals surface area contributed by atoms with Crippen LogP contribution in [0.5, 0.6) is 0 Å². The second-order valence-corrected chi connectivity index (χ2v) is 10.5. The zero-order chi connectivity index (χ0) is 22.6. The third kappa shape index (κ3) is 6.07. The second-order valence-electron chi connectivity index (χ2n) is 8.06. The molecule has 0 spiro atoms. The third-order valence-electron chi connectivity index (χ3n) is 5.64. The lowest BCUT2D eigenvalue weighted by Crippen LogP contribution is -2.26. The molecule has 1 N–H and O–H groups in total. The van der Waals surface area contributed by atoms with Crippen LogP contribution in [0.25, 0.3) is 0 Å². The Balaban J connectivity index is 1.86. The van der Waals surface area contributed by atoms with Gasteiger partial charge in [0.05, 0.1) is 40.0 Å². The van der Waals surface area contributed by atoms with Crippen LogP contribution < -0.4 is 5.32 Å². The Labute approximate surface area is 186 Å². The molecule has 8 nitrogen and oxygen atoms in total. The van der Waals surface area contributed by atoms with Crippen molar-refractivity contribution in [1.29, 1.82) is 0 Å². The fraction of sp³-hybridized carbons (Fsp3) is 0.476. The number of aryl methyl sites for hydroxylation is 1. The molecule has 10 heteroatoms. The number of carbonyl (C=O) groups is 1. The summed E-state index contributed by atoms with van der Waals surface area (Å²) in [6.45, 7) is 1.80. The van der Waals surface area contributed by atoms with Gasteiger partial charge in [-0.3, -0.25) is 9.78 Å². The van der Waals surface area contributed by atoms with Crippen molar-refractivity contribution in [3.8, 4) is 0 Å². The molecule has 1 aliphatic carbocycles. The lowest BCUT2D eigenvalue weighted by atomic mass is 9.79. The van der Waals surface area contributed by atoms with Crippen LogP contribution in [0.15, 0.2) is 40.7 Å². The number of rotatable bonds is 7. The van der Waals surface area contributed by atoms with Gasteiger partial charge in [0, 0.05) is 6.26 Å². The van der Waals surface area contributed by atoms with Gasteiger partial charge in [0.1, 0.15) is 0 Å². The molecule has 2 aromatic rings. The number of hydrogen-bond donors (Lipinski definition) is 1. The lowest BCUT2D eigenvalue weighted by molar-refractivity contribution is -0.118. The summed E-state index contributed by atoms with van der Waals surface area (Å²) in [7, 11) is -3.48. The quantitative estimate of drug-likeness (QED) is 0.611. The van der Waals surface area contributed by atoms with E-state index < -0.39 is 15.8 Å². The smallest absolute Gasteiger partial charge is 0.233 e. The molecule has 0 aliphatic heterocycles. The number of benzene rings is 1. The van der Waals surface area contributed by atoms with E-state index >= 15 is 0 Å². The van der Waals surface area contributed by atoms with Gasteiger partial charge in [-0.1, -0.05) is 22.8 Å². The van der Waals surface area contributed by atoms with Crippen LogP contribution in [-0.2, 0) is 14.6 Å². The molecule has 0 radical (unpaired) electrons. The van der Waals surface area contributed by atoms with Gasteiger partial charge in [-0.05, 0) is 62.6 Å². The molecule has 1 heterocycles. The average molecular weight is 465 g/mol. The summed E-state index contributed by atoms with van der Waals surface area (Å²) >= 11 is 6.24. The highest BCUT2D eigenvalue weighted by atomic mass is 35.5. The van der Waals surface area contributed by atoms with Crippen molar-refractivity contribution in [1.82, 2.24) is 9.97 Å². The molecule has 3 rings (SSSR count). The van der Waals surface area contributed by atoms with E-state index in [9.17, 15) is 18.1 Å². The number of sulfone groups is 1. The summed E-state index contributed by atoms with van der Waals surface area (Å²) in [6, 6.07) is 4.45. The monoisotopic (exact) mass is 464 g/mol. The molecule has 1 aliphatic rings. The second kappa shape index (κ2) is 9.82. The van der Waals surface area contributed by atoms with Crippen molar-refractivity contribution in [3.63, 3.8) is 0 Å². The molecule has 1 aromatic heterocycles. The fourth-order valence-corrected chi connectivity index (χ4v) is 5.26. The van der Waals surface area contributed by atoms with E-state index in [2.05, 4.69) is 20.5 Å². The average Bonchev–Trinajstić information content (AvgIpc) is 2.73. The van der Waals surface area contributed by atoms with Crippen molar-refractivity contribution in [2.75, 3.05) is 11.6 Å². The molecule has 1 atom stereocenters. The number of nitrogens with one attached hydrogen (secondary N) is 1. The van der Waals surface area contributed by atoms with Crippen LogP contribution in [0.3, 0.4) is 0 Å². The Bertz CT molecular complexity index is 1050. The minimum absolute atomic E-state index is 0.0269. The van der Waals surface area contributed by atoms with Gasteiger partial charge in [-0.2, -0.15) is 4.91 Å². The molecular formula is C21H25ClN4O4S. The molecule has 1 fully saturated rings. The zero-order valence-corrected chi connectivity index (χ0v) is 19.0. The van der Waals surface area contributed by atoms with E-state index in [-0.39, 0.29) is 27.8 Å². The lowest BCUT2D eigenvalue weighted by Gasteiger charge is -2.28. The molecule has 31 heavy (non-hydrogen) atoms. The maximum Gasteiger partial charge on any atom is 0.233 e. The molecular weight excluding hydrogens is 440 g/mol. The fourth-order valence-electron chi connectivity index (χ4n) is 3.92. The van der Waals surface area contributed by atoms with E-state index in [1.165, 1.54) is 12.3 Å². The molecule has 0 bridgehead atoms. The summed E-state index contributed by atoms with van der Waals surface area (Å²) in [4.78, 5) is 32.3. The summed E-state index contributed by atoms with van der Waals surface area (Å²) in [6.07, 6.45) is 7.72. The van der Waals surface area contributed by atoms with Crippen molar-refractivity contribution in [2.45, 2.75) is 55.9 Å². The summed E-state index contributed by atoms with van der Waals surface area (Å²) in [5.41, 5.74) is 1.36. The number of halogens is 1. The first-order chi connectivity index (χ1) is 14.7. The highest BCUT2D eigenvalue weighted by Crippen LogP contribution is 2.36. The maximum atomic E-state index is 13.2. The van der Waals surface area contributed by atoms with Crippen LogP contribution >= 0.6 is 11.6 Å². The van der Waals surface area contributed by atoms with Gasteiger partial charge in [0.25, 0.3) is 0 Å². The van der Waals surface area contributed by atoms with Gasteiger partial charge in [0.2, 0.25) is 5.91 Å². The highest BCUT2D eigenvalue weighted by molar-refractivity contribution is 7.90. The highest BCUT2D eigenvalue weighted by Gasteiger charge is 2.29. The summed E-state index contributed by atoms with van der Waals surface area (Å²) < 4.78 is 23.8. The largest absolute Gasteiger partial charge is 0.309 e. The Morgan fingerprint density at radius 2 is 1.94 bits per heavy atom. The number of carbonyl (C=O) groups excluding carboxylic acids is 1. The number of amides is 1. The number of nitroso groups, excluding NO2 is 1. The van der Waals surface area contributed by atoms with Gasteiger partial charge in [0.15, 0.2) is 15.7 Å². The Morgan fingerprint density at radius 3 is 2.48 bits per heavy atom. The molecule has 1 aromatic carbocycles.